The van der Waals surface area contributed by atoms with E-state index in [1.807, 2.05) is 54.2 Å². The number of rotatable bonds is 4. The molecule has 1 aromatic carbocycles. The Morgan fingerprint density at radius 2 is 1.87 bits per heavy atom. The van der Waals surface area contributed by atoms with Crippen LogP contribution in [0.2, 0.25) is 0 Å². The van der Waals surface area contributed by atoms with Crippen LogP contribution in [-0.4, -0.2) is 71.9 Å². The number of likely N-dealkylation sites (N-methyl/N-ethyl adjacent to an activating group) is 1. The first kappa shape index (κ1) is 15.9. The lowest BCUT2D eigenvalue weighted by Gasteiger charge is -2.34. The molecule has 0 atom stereocenters. The van der Waals surface area contributed by atoms with E-state index in [9.17, 15) is 4.79 Å². The van der Waals surface area contributed by atoms with E-state index in [-0.39, 0.29) is 5.91 Å². The van der Waals surface area contributed by atoms with Crippen molar-refractivity contribution >= 4 is 22.6 Å². The molecule has 23 heavy (non-hydrogen) atoms. The fourth-order valence-electron chi connectivity index (χ4n) is 2.57. The zero-order chi connectivity index (χ0) is 16.2. The van der Waals surface area contributed by atoms with Gasteiger partial charge in [-0.3, -0.25) is 4.79 Å². The van der Waals surface area contributed by atoms with Gasteiger partial charge in [-0.25, -0.2) is 0 Å². The van der Waals surface area contributed by atoms with Crippen molar-refractivity contribution in [2.45, 2.75) is 0 Å². The van der Waals surface area contributed by atoms with Crippen molar-refractivity contribution in [2.24, 2.45) is 0 Å². The molecule has 1 aliphatic rings. The summed E-state index contributed by atoms with van der Waals surface area (Å²) >= 11 is 1.42. The lowest BCUT2D eigenvalue weighted by molar-refractivity contribution is -0.132. The number of nitrogens with zero attached hydrogens (tertiary/aromatic N) is 5. The van der Waals surface area contributed by atoms with Gasteiger partial charge < -0.3 is 14.7 Å². The Bertz CT molecular complexity index is 650. The average Bonchev–Trinajstić information content (AvgIpc) is 3.05. The summed E-state index contributed by atoms with van der Waals surface area (Å²) in [5, 5.41) is 0.934. The van der Waals surface area contributed by atoms with Crippen LogP contribution in [-0.2, 0) is 4.79 Å². The van der Waals surface area contributed by atoms with Gasteiger partial charge in [0.2, 0.25) is 11.0 Å². The summed E-state index contributed by atoms with van der Waals surface area (Å²) in [4.78, 5) is 22.8. The minimum atomic E-state index is 0.192. The summed E-state index contributed by atoms with van der Waals surface area (Å²) < 4.78 is 4.46. The molecule has 0 spiro atoms. The third kappa shape index (κ3) is 3.86. The third-order valence-corrected chi connectivity index (χ3v) is 4.58. The highest BCUT2D eigenvalue weighted by molar-refractivity contribution is 7.09. The summed E-state index contributed by atoms with van der Waals surface area (Å²) in [7, 11) is 3.83. The van der Waals surface area contributed by atoms with Gasteiger partial charge in [-0.05, 0) is 14.1 Å². The number of anilines is 1. The monoisotopic (exact) mass is 331 g/mol. The maximum Gasteiger partial charge on any atom is 0.236 e. The van der Waals surface area contributed by atoms with Crippen molar-refractivity contribution < 1.29 is 4.79 Å². The van der Waals surface area contributed by atoms with E-state index < -0.39 is 0 Å². The zero-order valence-electron chi connectivity index (χ0n) is 13.5. The van der Waals surface area contributed by atoms with Gasteiger partial charge in [0, 0.05) is 43.3 Å². The topological polar surface area (TPSA) is 52.6 Å². The maximum absolute atomic E-state index is 12.1. The number of carbonyl (C=O) groups is 1. The molecule has 0 saturated carbocycles. The van der Waals surface area contributed by atoms with Crippen molar-refractivity contribution in [1.29, 1.82) is 0 Å². The van der Waals surface area contributed by atoms with Crippen LogP contribution in [0, 0.1) is 0 Å². The number of carbonyl (C=O) groups excluding carboxylic acids is 1. The van der Waals surface area contributed by atoms with Gasteiger partial charge in [0.25, 0.3) is 0 Å². The summed E-state index contributed by atoms with van der Waals surface area (Å²) in [5.41, 5.74) is 1.04. The van der Waals surface area contributed by atoms with E-state index in [1.165, 1.54) is 11.5 Å². The number of benzene rings is 1. The van der Waals surface area contributed by atoms with Crippen LogP contribution < -0.4 is 4.90 Å². The molecule has 0 radical (unpaired) electrons. The van der Waals surface area contributed by atoms with E-state index in [4.69, 9.17) is 0 Å². The van der Waals surface area contributed by atoms with Crippen molar-refractivity contribution in [2.75, 3.05) is 51.7 Å². The molecule has 7 heteroatoms. The number of amides is 1. The van der Waals surface area contributed by atoms with Crippen LogP contribution in [0.15, 0.2) is 30.3 Å². The smallest absolute Gasteiger partial charge is 0.236 e. The van der Waals surface area contributed by atoms with Crippen LogP contribution in [0.3, 0.4) is 0 Å². The molecule has 1 saturated heterocycles. The Hall–Kier alpha value is -1.99. The second kappa shape index (κ2) is 7.06. The van der Waals surface area contributed by atoms with Gasteiger partial charge in [-0.15, -0.1) is 0 Å². The Morgan fingerprint density at radius 3 is 2.52 bits per heavy atom. The van der Waals surface area contributed by atoms with Crippen LogP contribution in [0.4, 0.5) is 5.13 Å². The largest absolute Gasteiger partial charge is 0.343 e. The first-order valence-electron chi connectivity index (χ1n) is 7.70. The maximum atomic E-state index is 12.1. The number of aromatic nitrogens is 2. The third-order valence-electron chi connectivity index (χ3n) is 3.80. The predicted molar refractivity (Wildman–Crippen MR) is 92.7 cm³/mol. The Balaban J connectivity index is 1.60. The van der Waals surface area contributed by atoms with Gasteiger partial charge in [0.15, 0.2) is 5.82 Å². The minimum absolute atomic E-state index is 0.192. The molecule has 0 aliphatic carbocycles. The number of hydrogen-bond donors (Lipinski definition) is 0. The van der Waals surface area contributed by atoms with E-state index in [2.05, 4.69) is 14.3 Å². The standard InChI is InChI=1S/C16H21N5OS/c1-19(2)12-14(22)20-8-10-21(11-9-20)16-17-15(18-23-16)13-6-4-3-5-7-13/h3-7H,8-12H2,1-2H3. The van der Waals surface area contributed by atoms with Crippen LogP contribution in [0.25, 0.3) is 11.4 Å². The van der Waals surface area contributed by atoms with E-state index in [0.717, 1.165) is 42.7 Å². The Morgan fingerprint density at radius 1 is 1.17 bits per heavy atom. The van der Waals surface area contributed by atoms with Gasteiger partial charge in [-0.1, -0.05) is 30.3 Å². The van der Waals surface area contributed by atoms with Gasteiger partial charge in [0.1, 0.15) is 0 Å². The van der Waals surface area contributed by atoms with Gasteiger partial charge >= 0.3 is 0 Å². The fraction of sp³-hybridized carbons (Fsp3) is 0.438. The molecule has 2 heterocycles. The molecule has 2 aromatic rings. The predicted octanol–water partition coefficient (Wildman–Crippen LogP) is 1.42. The second-order valence-corrected chi connectivity index (χ2v) is 6.60. The highest BCUT2D eigenvalue weighted by Gasteiger charge is 2.23. The quantitative estimate of drug-likeness (QED) is 0.848. The molecular weight excluding hydrogens is 310 g/mol. The molecular formula is C16H21N5OS. The molecule has 1 fully saturated rings. The minimum Gasteiger partial charge on any atom is -0.343 e. The number of piperazine rings is 1. The Kier molecular flexibility index (Phi) is 4.88. The first-order chi connectivity index (χ1) is 11.1. The summed E-state index contributed by atoms with van der Waals surface area (Å²) in [6, 6.07) is 10.0. The van der Waals surface area contributed by atoms with Crippen LogP contribution in [0.1, 0.15) is 0 Å². The normalized spacial score (nSPS) is 15.3. The molecule has 0 N–H and O–H groups in total. The molecule has 0 unspecified atom stereocenters. The highest BCUT2D eigenvalue weighted by atomic mass is 32.1. The van der Waals surface area contributed by atoms with E-state index in [1.54, 1.807) is 0 Å². The molecule has 1 amide bonds. The lowest BCUT2D eigenvalue weighted by atomic mass is 10.2. The van der Waals surface area contributed by atoms with Crippen molar-refractivity contribution in [1.82, 2.24) is 19.2 Å². The van der Waals surface area contributed by atoms with E-state index in [0.29, 0.717) is 6.54 Å². The number of hydrogen-bond acceptors (Lipinski definition) is 6. The molecule has 1 aromatic heterocycles. The summed E-state index contributed by atoms with van der Waals surface area (Å²) in [6.45, 7) is 3.57. The highest BCUT2D eigenvalue weighted by Crippen LogP contribution is 2.24. The first-order valence-corrected chi connectivity index (χ1v) is 8.47. The molecule has 6 nitrogen and oxygen atoms in total. The lowest BCUT2D eigenvalue weighted by Crippen LogP contribution is -2.50. The summed E-state index contributed by atoms with van der Waals surface area (Å²) in [5.74, 6) is 0.966. The van der Waals surface area contributed by atoms with E-state index >= 15 is 0 Å². The van der Waals surface area contributed by atoms with Gasteiger partial charge in [0.05, 0.1) is 6.54 Å². The molecule has 3 rings (SSSR count). The van der Waals surface area contributed by atoms with Crippen LogP contribution >= 0.6 is 11.5 Å². The summed E-state index contributed by atoms with van der Waals surface area (Å²) in [6.07, 6.45) is 0. The SMILES string of the molecule is CN(C)CC(=O)N1CCN(c2nc(-c3ccccc3)ns2)CC1. The zero-order valence-corrected chi connectivity index (χ0v) is 14.3. The molecule has 122 valence electrons. The fourth-order valence-corrected chi connectivity index (χ4v) is 3.31. The molecule has 0 bridgehead atoms. The molecule has 1 aliphatic heterocycles. The van der Waals surface area contributed by atoms with Crippen molar-refractivity contribution in [3.8, 4) is 11.4 Å². The average molecular weight is 331 g/mol. The van der Waals surface area contributed by atoms with Crippen molar-refractivity contribution in [3.05, 3.63) is 30.3 Å². The Labute approximate surface area is 140 Å². The van der Waals surface area contributed by atoms with Gasteiger partial charge in [-0.2, -0.15) is 9.36 Å². The van der Waals surface area contributed by atoms with Crippen LogP contribution in [0.5, 0.6) is 0 Å². The van der Waals surface area contributed by atoms with Crippen molar-refractivity contribution in [3.63, 3.8) is 0 Å². The second-order valence-electron chi connectivity index (χ2n) is 5.87.